The molecule has 0 fully saturated rings. The maximum Gasteiger partial charge on any atom is 0.238 e. The van der Waals surface area contributed by atoms with E-state index in [1.807, 2.05) is 13.8 Å². The zero-order valence-electron chi connectivity index (χ0n) is 13.5. The molecule has 0 spiro atoms. The summed E-state index contributed by atoms with van der Waals surface area (Å²) >= 11 is 0. The summed E-state index contributed by atoms with van der Waals surface area (Å²) in [7, 11) is 1.74. The van der Waals surface area contributed by atoms with Crippen LogP contribution in [0.25, 0.3) is 0 Å². The van der Waals surface area contributed by atoms with E-state index in [0.29, 0.717) is 18.8 Å². The third kappa shape index (κ3) is 7.08. The first-order chi connectivity index (χ1) is 10.5. The van der Waals surface area contributed by atoms with E-state index in [1.54, 1.807) is 36.2 Å². The molecule has 122 valence electrons. The Morgan fingerprint density at radius 2 is 1.73 bits per heavy atom. The summed E-state index contributed by atoms with van der Waals surface area (Å²) < 4.78 is 5.34. The molecule has 0 aliphatic rings. The molecule has 6 nitrogen and oxygen atoms in total. The molecule has 0 aliphatic carbocycles. The molecule has 0 radical (unpaired) electrons. The molecule has 1 rings (SSSR count). The number of anilines is 1. The predicted molar refractivity (Wildman–Crippen MR) is 87.0 cm³/mol. The number of likely N-dealkylation sites (N-methyl/N-ethyl adjacent to an activating group) is 1. The molecule has 0 saturated carbocycles. The Morgan fingerprint density at radius 3 is 2.32 bits per heavy atom. The molecule has 2 N–H and O–H groups in total. The topological polar surface area (TPSA) is 70.7 Å². The second-order valence-electron chi connectivity index (χ2n) is 5.03. The number of rotatable bonds is 9. The molecule has 2 amide bonds. The predicted octanol–water partition coefficient (Wildman–Crippen LogP) is 1.48. The number of ether oxygens (including phenoxy) is 1. The van der Waals surface area contributed by atoms with Gasteiger partial charge >= 0.3 is 0 Å². The van der Waals surface area contributed by atoms with Gasteiger partial charge in [-0.3, -0.25) is 14.5 Å². The summed E-state index contributed by atoms with van der Waals surface area (Å²) in [6.45, 7) is 5.54. The van der Waals surface area contributed by atoms with Crippen LogP contribution in [0.2, 0.25) is 0 Å². The highest BCUT2D eigenvalue weighted by molar-refractivity contribution is 5.92. The van der Waals surface area contributed by atoms with Crippen molar-refractivity contribution >= 4 is 17.5 Å². The van der Waals surface area contributed by atoms with Gasteiger partial charge in [0.05, 0.1) is 19.7 Å². The van der Waals surface area contributed by atoms with Gasteiger partial charge in [0, 0.05) is 12.2 Å². The zero-order chi connectivity index (χ0) is 16.4. The van der Waals surface area contributed by atoms with Crippen molar-refractivity contribution in [2.24, 2.45) is 0 Å². The van der Waals surface area contributed by atoms with E-state index in [-0.39, 0.29) is 24.9 Å². The van der Waals surface area contributed by atoms with Crippen LogP contribution in [-0.4, -0.2) is 50.0 Å². The smallest absolute Gasteiger partial charge is 0.238 e. The number of hydrogen-bond donors (Lipinski definition) is 2. The Bertz CT molecular complexity index is 474. The van der Waals surface area contributed by atoms with Crippen molar-refractivity contribution in [2.75, 3.05) is 38.6 Å². The van der Waals surface area contributed by atoms with Gasteiger partial charge in [-0.25, -0.2) is 0 Å². The van der Waals surface area contributed by atoms with Gasteiger partial charge in [-0.1, -0.05) is 6.92 Å². The van der Waals surface area contributed by atoms with Crippen molar-refractivity contribution in [3.05, 3.63) is 24.3 Å². The van der Waals surface area contributed by atoms with Crippen LogP contribution in [0.5, 0.6) is 5.75 Å². The first-order valence-electron chi connectivity index (χ1n) is 7.53. The minimum Gasteiger partial charge on any atom is -0.494 e. The van der Waals surface area contributed by atoms with Gasteiger partial charge in [-0.15, -0.1) is 0 Å². The Balaban J connectivity index is 2.37. The van der Waals surface area contributed by atoms with Crippen LogP contribution >= 0.6 is 0 Å². The Labute approximate surface area is 131 Å². The molecular weight excluding hydrogens is 282 g/mol. The number of amides is 2. The van der Waals surface area contributed by atoms with Gasteiger partial charge in [-0.2, -0.15) is 0 Å². The molecule has 1 aromatic rings. The fourth-order valence-corrected chi connectivity index (χ4v) is 1.87. The summed E-state index contributed by atoms with van der Waals surface area (Å²) in [5.74, 6) is 0.540. The molecule has 0 aromatic heterocycles. The largest absolute Gasteiger partial charge is 0.494 e. The summed E-state index contributed by atoms with van der Waals surface area (Å²) in [6.07, 6.45) is 0.897. The molecule has 0 heterocycles. The molecule has 0 saturated heterocycles. The fourth-order valence-electron chi connectivity index (χ4n) is 1.87. The standard InChI is InChI=1S/C16H25N3O3/c1-4-10-17-15(20)11-19(3)12-16(21)18-13-6-8-14(9-7-13)22-5-2/h6-9H,4-5,10-12H2,1-3H3,(H,17,20)(H,18,21). The molecule has 0 aliphatic heterocycles. The van der Waals surface area contributed by atoms with E-state index < -0.39 is 0 Å². The third-order valence-electron chi connectivity index (χ3n) is 2.85. The quantitative estimate of drug-likeness (QED) is 0.725. The lowest BCUT2D eigenvalue weighted by Gasteiger charge is -2.16. The Morgan fingerprint density at radius 1 is 1.09 bits per heavy atom. The van der Waals surface area contributed by atoms with Gasteiger partial charge in [0.25, 0.3) is 0 Å². The number of nitrogens with zero attached hydrogens (tertiary/aromatic N) is 1. The normalized spacial score (nSPS) is 10.4. The first kappa shape index (κ1) is 18.0. The van der Waals surface area contributed by atoms with Crippen LogP contribution in [0.1, 0.15) is 20.3 Å². The molecule has 0 bridgehead atoms. The van der Waals surface area contributed by atoms with Gasteiger partial charge in [0.15, 0.2) is 0 Å². The minimum atomic E-state index is -0.157. The van der Waals surface area contributed by atoms with Crippen LogP contribution in [0.4, 0.5) is 5.69 Å². The Hall–Kier alpha value is -2.08. The van der Waals surface area contributed by atoms with Crippen LogP contribution in [0.15, 0.2) is 24.3 Å². The first-order valence-corrected chi connectivity index (χ1v) is 7.53. The summed E-state index contributed by atoms with van der Waals surface area (Å²) in [6, 6.07) is 7.19. The van der Waals surface area contributed by atoms with E-state index in [9.17, 15) is 9.59 Å². The zero-order valence-corrected chi connectivity index (χ0v) is 13.5. The van der Waals surface area contributed by atoms with Crippen molar-refractivity contribution in [1.29, 1.82) is 0 Å². The molecule has 0 unspecified atom stereocenters. The SMILES string of the molecule is CCCNC(=O)CN(C)CC(=O)Nc1ccc(OCC)cc1. The highest BCUT2D eigenvalue weighted by Gasteiger charge is 2.10. The van der Waals surface area contributed by atoms with E-state index in [0.717, 1.165) is 12.2 Å². The van der Waals surface area contributed by atoms with Crippen molar-refractivity contribution in [3.8, 4) is 5.75 Å². The highest BCUT2D eigenvalue weighted by atomic mass is 16.5. The Kier molecular flexibility index (Phi) is 7.99. The van der Waals surface area contributed by atoms with E-state index in [4.69, 9.17) is 4.74 Å². The van der Waals surface area contributed by atoms with E-state index in [2.05, 4.69) is 10.6 Å². The lowest BCUT2D eigenvalue weighted by molar-refractivity contribution is -0.122. The van der Waals surface area contributed by atoms with Crippen molar-refractivity contribution in [3.63, 3.8) is 0 Å². The summed E-state index contributed by atoms with van der Waals surface area (Å²) in [5, 5.41) is 5.57. The van der Waals surface area contributed by atoms with Crippen LogP contribution in [0.3, 0.4) is 0 Å². The van der Waals surface area contributed by atoms with Crippen LogP contribution in [0, 0.1) is 0 Å². The van der Waals surface area contributed by atoms with Crippen molar-refractivity contribution in [2.45, 2.75) is 20.3 Å². The van der Waals surface area contributed by atoms with Gasteiger partial charge < -0.3 is 15.4 Å². The van der Waals surface area contributed by atoms with Crippen molar-refractivity contribution in [1.82, 2.24) is 10.2 Å². The van der Waals surface area contributed by atoms with Crippen LogP contribution in [-0.2, 0) is 9.59 Å². The minimum absolute atomic E-state index is 0.0711. The maximum atomic E-state index is 11.9. The highest BCUT2D eigenvalue weighted by Crippen LogP contribution is 2.15. The van der Waals surface area contributed by atoms with Crippen LogP contribution < -0.4 is 15.4 Å². The van der Waals surface area contributed by atoms with E-state index >= 15 is 0 Å². The fraction of sp³-hybridized carbons (Fsp3) is 0.500. The lowest BCUT2D eigenvalue weighted by atomic mass is 10.3. The average molecular weight is 307 g/mol. The number of benzene rings is 1. The lowest BCUT2D eigenvalue weighted by Crippen LogP contribution is -2.39. The average Bonchev–Trinajstić information content (AvgIpc) is 2.47. The van der Waals surface area contributed by atoms with Crippen molar-refractivity contribution < 1.29 is 14.3 Å². The number of carbonyl (C=O) groups is 2. The van der Waals surface area contributed by atoms with E-state index in [1.165, 1.54) is 0 Å². The second-order valence-corrected chi connectivity index (χ2v) is 5.03. The molecule has 22 heavy (non-hydrogen) atoms. The molecule has 6 heteroatoms. The molecule has 1 aromatic carbocycles. The number of carbonyl (C=O) groups excluding carboxylic acids is 2. The monoisotopic (exact) mass is 307 g/mol. The molecule has 0 atom stereocenters. The van der Waals surface area contributed by atoms with Gasteiger partial charge in [0.1, 0.15) is 5.75 Å². The number of hydrogen-bond acceptors (Lipinski definition) is 4. The maximum absolute atomic E-state index is 11.9. The second kappa shape index (κ2) is 9.78. The third-order valence-corrected chi connectivity index (χ3v) is 2.85. The molecular formula is C16H25N3O3. The van der Waals surface area contributed by atoms with Gasteiger partial charge in [0.2, 0.25) is 11.8 Å². The summed E-state index contributed by atoms with van der Waals surface area (Å²) in [5.41, 5.74) is 0.706. The summed E-state index contributed by atoms with van der Waals surface area (Å²) in [4.78, 5) is 25.1. The van der Waals surface area contributed by atoms with Gasteiger partial charge in [-0.05, 0) is 44.7 Å². The number of nitrogens with one attached hydrogen (secondary N) is 2.